The lowest BCUT2D eigenvalue weighted by atomic mass is 9.76. The van der Waals surface area contributed by atoms with Crippen LogP contribution in [-0.4, -0.2) is 59.9 Å². The fraction of sp³-hybridized carbons (Fsp3) is 0.439. The summed E-state index contributed by atoms with van der Waals surface area (Å²) in [6.07, 6.45) is 7.30. The average Bonchev–Trinajstić information content (AvgIpc) is 3.07. The molecule has 1 N–H and O–H groups in total. The maximum absolute atomic E-state index is 15.7. The summed E-state index contributed by atoms with van der Waals surface area (Å²) in [7, 11) is 0. The Bertz CT molecular complexity index is 1620. The Labute approximate surface area is 290 Å². The van der Waals surface area contributed by atoms with E-state index in [4.69, 9.17) is 14.2 Å². The van der Waals surface area contributed by atoms with Gasteiger partial charge in [0.05, 0.1) is 6.61 Å². The van der Waals surface area contributed by atoms with E-state index in [2.05, 4.69) is 10.2 Å². The molecule has 260 valence electrons. The molecule has 3 aromatic rings. The van der Waals surface area contributed by atoms with E-state index in [-0.39, 0.29) is 18.1 Å². The van der Waals surface area contributed by atoms with Crippen LogP contribution in [-0.2, 0) is 33.8 Å². The molecule has 2 heterocycles. The van der Waals surface area contributed by atoms with Crippen LogP contribution in [0.25, 0.3) is 5.57 Å². The lowest BCUT2D eigenvalue weighted by molar-refractivity contribution is -0.00243. The summed E-state index contributed by atoms with van der Waals surface area (Å²) >= 11 is 0. The predicted octanol–water partition coefficient (Wildman–Crippen LogP) is 7.99. The first kappa shape index (κ1) is 34.7. The largest absolute Gasteiger partial charge is 0.474 e. The number of rotatable bonds is 11. The van der Waals surface area contributed by atoms with Gasteiger partial charge in [-0.1, -0.05) is 66.7 Å². The molecule has 1 atom stereocenters. The minimum Gasteiger partial charge on any atom is -0.474 e. The molecule has 1 saturated heterocycles. The van der Waals surface area contributed by atoms with Crippen LogP contribution in [0, 0.1) is 18.7 Å². The number of amides is 1. The highest BCUT2D eigenvalue weighted by Gasteiger charge is 2.36. The molecule has 0 aromatic heterocycles. The van der Waals surface area contributed by atoms with Crippen molar-refractivity contribution in [2.24, 2.45) is 5.92 Å². The number of nitrogens with one attached hydrogen (secondary N) is 1. The van der Waals surface area contributed by atoms with Crippen LogP contribution in [0.3, 0.4) is 0 Å². The fourth-order valence-corrected chi connectivity index (χ4v) is 6.85. The Balaban J connectivity index is 1.05. The van der Waals surface area contributed by atoms with Crippen LogP contribution in [0.4, 0.5) is 9.18 Å². The van der Waals surface area contributed by atoms with Gasteiger partial charge in [-0.05, 0) is 105 Å². The predicted molar refractivity (Wildman–Crippen MR) is 191 cm³/mol. The molecule has 0 bridgehead atoms. The monoisotopic (exact) mass is 667 g/mol. The number of carbonyl (C=O) groups is 1. The summed E-state index contributed by atoms with van der Waals surface area (Å²) in [5.41, 5.74) is 5.05. The van der Waals surface area contributed by atoms with Gasteiger partial charge in [-0.15, -0.1) is 0 Å². The number of ether oxygens (including phenoxy) is 3. The van der Waals surface area contributed by atoms with Crippen molar-refractivity contribution in [2.75, 3.05) is 26.2 Å². The summed E-state index contributed by atoms with van der Waals surface area (Å²) in [5.74, 6) is 0.986. The molecule has 1 unspecified atom stereocenters. The lowest BCUT2D eigenvalue weighted by Crippen LogP contribution is -2.55. The maximum Gasteiger partial charge on any atom is 0.410 e. The number of dihydropyridines is 1. The van der Waals surface area contributed by atoms with Gasteiger partial charge >= 0.3 is 6.09 Å². The molecule has 0 spiro atoms. The van der Waals surface area contributed by atoms with Crippen molar-refractivity contribution in [1.82, 2.24) is 15.1 Å². The number of benzene rings is 3. The second-order valence-electron chi connectivity index (χ2n) is 14.5. The van der Waals surface area contributed by atoms with E-state index in [9.17, 15) is 4.79 Å². The number of aryl methyl sites for hydroxylation is 2. The fourth-order valence-electron chi connectivity index (χ4n) is 6.85. The number of piperazine rings is 1. The summed E-state index contributed by atoms with van der Waals surface area (Å²) in [6.45, 7) is 11.7. The summed E-state index contributed by atoms with van der Waals surface area (Å²) in [4.78, 5) is 16.7. The molecular weight excluding hydrogens is 617 g/mol. The number of hydrogen-bond donors (Lipinski definition) is 1. The van der Waals surface area contributed by atoms with Crippen molar-refractivity contribution in [3.63, 3.8) is 0 Å². The first-order valence-corrected chi connectivity index (χ1v) is 17.6. The smallest absolute Gasteiger partial charge is 0.410 e. The highest BCUT2D eigenvalue weighted by atomic mass is 19.1. The van der Waals surface area contributed by atoms with Gasteiger partial charge in [0.2, 0.25) is 0 Å². The zero-order chi connectivity index (χ0) is 34.4. The van der Waals surface area contributed by atoms with Gasteiger partial charge in [-0.3, -0.25) is 4.90 Å². The van der Waals surface area contributed by atoms with E-state index >= 15 is 4.39 Å². The van der Waals surface area contributed by atoms with Crippen LogP contribution in [0.15, 0.2) is 90.8 Å². The molecule has 2 fully saturated rings. The quantitative estimate of drug-likeness (QED) is 0.224. The number of carbonyl (C=O) groups excluding carboxylic acids is 1. The van der Waals surface area contributed by atoms with Gasteiger partial charge in [-0.2, -0.15) is 0 Å². The number of hydrogen-bond acceptors (Lipinski definition) is 6. The van der Waals surface area contributed by atoms with E-state index < -0.39 is 5.60 Å². The van der Waals surface area contributed by atoms with Crippen molar-refractivity contribution in [2.45, 2.75) is 84.5 Å². The van der Waals surface area contributed by atoms with Gasteiger partial charge in [0.25, 0.3) is 0 Å². The normalized spacial score (nSPS) is 21.2. The third-order valence-corrected chi connectivity index (χ3v) is 9.65. The minimum absolute atomic E-state index is 0.180. The zero-order valence-corrected chi connectivity index (χ0v) is 29.3. The van der Waals surface area contributed by atoms with Crippen LogP contribution in [0.1, 0.15) is 67.9 Å². The Hall–Kier alpha value is -4.14. The molecule has 0 radical (unpaired) electrons. The Kier molecular flexibility index (Phi) is 11.1. The first-order chi connectivity index (χ1) is 23.6. The van der Waals surface area contributed by atoms with Crippen molar-refractivity contribution in [3.05, 3.63) is 124 Å². The summed E-state index contributed by atoms with van der Waals surface area (Å²) < 4.78 is 33.7. The van der Waals surface area contributed by atoms with Gasteiger partial charge in [0, 0.05) is 37.8 Å². The van der Waals surface area contributed by atoms with Gasteiger partial charge in [0.15, 0.2) is 5.88 Å². The Morgan fingerprint density at radius 3 is 2.22 bits per heavy atom. The molecule has 3 aliphatic rings. The maximum atomic E-state index is 15.7. The molecule has 1 aliphatic carbocycles. The lowest BCUT2D eigenvalue weighted by Gasteiger charge is -2.46. The van der Waals surface area contributed by atoms with Crippen LogP contribution in [0.2, 0.25) is 0 Å². The summed E-state index contributed by atoms with van der Waals surface area (Å²) in [5, 5.41) is 3.40. The second kappa shape index (κ2) is 15.6. The highest BCUT2D eigenvalue weighted by Crippen LogP contribution is 2.37. The van der Waals surface area contributed by atoms with E-state index in [1.54, 1.807) is 6.07 Å². The van der Waals surface area contributed by atoms with Gasteiger partial charge in [-0.25, -0.2) is 9.18 Å². The van der Waals surface area contributed by atoms with E-state index in [0.717, 1.165) is 72.2 Å². The topological polar surface area (TPSA) is 63.3 Å². The second-order valence-corrected chi connectivity index (χ2v) is 14.5. The molecular formula is C41H50FN3O4. The highest BCUT2D eigenvalue weighted by molar-refractivity contribution is 5.78. The molecule has 6 rings (SSSR count). The molecule has 49 heavy (non-hydrogen) atoms. The van der Waals surface area contributed by atoms with Crippen molar-refractivity contribution in [1.29, 1.82) is 0 Å². The molecule has 1 amide bonds. The third-order valence-electron chi connectivity index (χ3n) is 9.65. The zero-order valence-electron chi connectivity index (χ0n) is 29.3. The first-order valence-electron chi connectivity index (χ1n) is 17.6. The molecule has 1 saturated carbocycles. The minimum atomic E-state index is -0.475. The van der Waals surface area contributed by atoms with Gasteiger partial charge < -0.3 is 24.4 Å². The van der Waals surface area contributed by atoms with Crippen molar-refractivity contribution in [3.8, 4) is 0 Å². The Morgan fingerprint density at radius 2 is 1.57 bits per heavy atom. The van der Waals surface area contributed by atoms with Crippen LogP contribution in [0.5, 0.6) is 0 Å². The van der Waals surface area contributed by atoms with Gasteiger partial charge in [0.1, 0.15) is 24.3 Å². The molecule has 3 aromatic carbocycles. The SMILES string of the molecule is Cc1cc(CCC2CC(N3CCN(C(=O)OC(C)(C)C)CC3)C2)c(F)cc1C1=C(OCc2ccccc2)NC(OCc2ccccc2)C=C1. The van der Waals surface area contributed by atoms with Crippen molar-refractivity contribution >= 4 is 11.7 Å². The summed E-state index contributed by atoms with van der Waals surface area (Å²) in [6, 6.07) is 24.3. The Morgan fingerprint density at radius 1 is 0.918 bits per heavy atom. The van der Waals surface area contributed by atoms with Crippen LogP contribution >= 0.6 is 0 Å². The van der Waals surface area contributed by atoms with E-state index in [1.807, 2.05) is 111 Å². The number of nitrogens with zero attached hydrogens (tertiary/aromatic N) is 2. The van der Waals surface area contributed by atoms with Crippen molar-refractivity contribution < 1.29 is 23.4 Å². The standard InChI is InChI=1S/C41H50FN3O4/c1-29-23-33(16-15-32-24-34(25-32)44-19-21-45(22-20-44)40(46)49-41(2,3)4)37(42)26-36(29)35-17-18-38(47-27-30-11-7-5-8-12-30)43-39(35)48-28-31-13-9-6-10-14-31/h5-14,17-18,23,26,32,34,38,43H,15-16,19-22,24-25,27-28H2,1-4H3. The molecule has 8 heteroatoms. The van der Waals surface area contributed by atoms with E-state index in [1.165, 1.54) is 0 Å². The van der Waals surface area contributed by atoms with E-state index in [0.29, 0.717) is 44.1 Å². The number of halogens is 1. The third kappa shape index (κ3) is 9.31. The molecule has 2 aliphatic heterocycles. The number of allylic oxidation sites excluding steroid dienone is 2. The molecule has 7 nitrogen and oxygen atoms in total. The van der Waals surface area contributed by atoms with Crippen LogP contribution < -0.4 is 5.32 Å². The average molecular weight is 668 g/mol.